The number of aromatic nitrogens is 2. The van der Waals surface area contributed by atoms with E-state index in [2.05, 4.69) is 20.4 Å². The number of halogens is 1. The van der Waals surface area contributed by atoms with E-state index in [1.807, 2.05) is 17.9 Å². The van der Waals surface area contributed by atoms with Gasteiger partial charge in [0.2, 0.25) is 11.8 Å². The molecular formula is C19H24ClN5O3. The molecular weight excluding hydrogens is 382 g/mol. The largest absolute Gasteiger partial charge is 0.349 e. The van der Waals surface area contributed by atoms with Crippen molar-refractivity contribution in [3.05, 3.63) is 17.3 Å². The van der Waals surface area contributed by atoms with E-state index in [0.717, 1.165) is 18.7 Å². The molecule has 1 aliphatic carbocycles. The number of amides is 2. The van der Waals surface area contributed by atoms with Crippen LogP contribution in [0, 0.1) is 5.92 Å². The highest BCUT2D eigenvalue weighted by Crippen LogP contribution is 2.45. The van der Waals surface area contributed by atoms with Gasteiger partial charge < -0.3 is 15.1 Å². The van der Waals surface area contributed by atoms with E-state index < -0.39 is 5.54 Å². The number of carbonyl (C=O) groups is 3. The van der Waals surface area contributed by atoms with Gasteiger partial charge in [0.15, 0.2) is 16.8 Å². The highest BCUT2D eigenvalue weighted by Gasteiger charge is 2.55. The lowest BCUT2D eigenvalue weighted by Gasteiger charge is -2.40. The van der Waals surface area contributed by atoms with E-state index in [0.29, 0.717) is 31.2 Å². The first-order valence-corrected chi connectivity index (χ1v) is 10.1. The predicted octanol–water partition coefficient (Wildman–Crippen LogP) is 1.19. The summed E-state index contributed by atoms with van der Waals surface area (Å²) in [7, 11) is 0. The van der Waals surface area contributed by atoms with E-state index in [-0.39, 0.29) is 42.4 Å². The molecule has 0 spiro atoms. The summed E-state index contributed by atoms with van der Waals surface area (Å²) < 4.78 is 0. The van der Waals surface area contributed by atoms with Gasteiger partial charge in [0.05, 0.1) is 6.42 Å². The number of rotatable bonds is 5. The van der Waals surface area contributed by atoms with Crippen molar-refractivity contribution in [1.82, 2.24) is 20.4 Å². The van der Waals surface area contributed by atoms with Crippen LogP contribution in [0.5, 0.6) is 0 Å². The lowest BCUT2D eigenvalue weighted by Crippen LogP contribution is -2.55. The molecule has 0 aromatic carbocycles. The van der Waals surface area contributed by atoms with Gasteiger partial charge in [0, 0.05) is 32.1 Å². The minimum Gasteiger partial charge on any atom is -0.349 e. The summed E-state index contributed by atoms with van der Waals surface area (Å²) in [5.41, 5.74) is -0.806. The van der Waals surface area contributed by atoms with Crippen molar-refractivity contribution in [2.45, 2.75) is 50.6 Å². The Morgan fingerprint density at radius 1 is 1.29 bits per heavy atom. The standard InChI is InChI=1S/C19H24ClN5O3/c1-12-11-24(8-9-25(12)16-5-4-15(20)22-23-16)18(28)6-7-19(13-2-3-13)14(26)10-17(27)21-19/h4-5,12-13H,2-3,6-11H2,1H3,(H,21,27)/t12-,19?/m0/s1. The average Bonchev–Trinajstić information content (AvgIpc) is 3.47. The van der Waals surface area contributed by atoms with Crippen molar-refractivity contribution < 1.29 is 14.4 Å². The van der Waals surface area contributed by atoms with Crippen molar-refractivity contribution in [3.63, 3.8) is 0 Å². The topological polar surface area (TPSA) is 95.5 Å². The Balaban J connectivity index is 1.35. The highest BCUT2D eigenvalue weighted by atomic mass is 35.5. The number of carbonyl (C=O) groups excluding carboxylic acids is 3. The molecule has 0 bridgehead atoms. The van der Waals surface area contributed by atoms with Crippen LogP contribution in [0.4, 0.5) is 5.82 Å². The maximum atomic E-state index is 12.8. The van der Waals surface area contributed by atoms with Crippen LogP contribution in [-0.4, -0.2) is 63.9 Å². The minimum atomic E-state index is -0.806. The molecule has 1 aromatic rings. The fourth-order valence-electron chi connectivity index (χ4n) is 4.43. The number of nitrogens with one attached hydrogen (secondary N) is 1. The molecule has 1 unspecified atom stereocenters. The van der Waals surface area contributed by atoms with Crippen LogP contribution in [-0.2, 0) is 14.4 Å². The monoisotopic (exact) mass is 405 g/mol. The van der Waals surface area contributed by atoms with Gasteiger partial charge in [-0.1, -0.05) is 11.6 Å². The molecule has 3 fully saturated rings. The summed E-state index contributed by atoms with van der Waals surface area (Å²) in [6.07, 6.45) is 2.51. The van der Waals surface area contributed by atoms with E-state index >= 15 is 0 Å². The molecule has 3 heterocycles. The summed E-state index contributed by atoms with van der Waals surface area (Å²) in [6.45, 7) is 3.87. The number of piperazine rings is 1. The fourth-order valence-corrected chi connectivity index (χ4v) is 4.53. The second kappa shape index (κ2) is 7.31. The zero-order chi connectivity index (χ0) is 19.9. The molecule has 28 heavy (non-hydrogen) atoms. The smallest absolute Gasteiger partial charge is 0.228 e. The van der Waals surface area contributed by atoms with E-state index in [4.69, 9.17) is 11.6 Å². The molecule has 0 radical (unpaired) electrons. The Kier molecular flexibility index (Phi) is 4.99. The van der Waals surface area contributed by atoms with Crippen molar-refractivity contribution in [3.8, 4) is 0 Å². The molecule has 8 nitrogen and oxygen atoms in total. The first-order chi connectivity index (χ1) is 13.4. The SMILES string of the molecule is C[C@H]1CN(C(=O)CCC2(C3CC3)NC(=O)CC2=O)CCN1c1ccc(Cl)nn1. The molecule has 2 atom stereocenters. The van der Waals surface area contributed by atoms with Crippen LogP contribution < -0.4 is 10.2 Å². The Hall–Kier alpha value is -2.22. The Morgan fingerprint density at radius 3 is 2.64 bits per heavy atom. The normalized spacial score (nSPS) is 27.9. The van der Waals surface area contributed by atoms with Gasteiger partial charge in [-0.05, 0) is 44.2 Å². The van der Waals surface area contributed by atoms with Crippen molar-refractivity contribution >= 4 is 35.0 Å². The van der Waals surface area contributed by atoms with Gasteiger partial charge in [-0.3, -0.25) is 14.4 Å². The van der Waals surface area contributed by atoms with Crippen LogP contribution in [0.1, 0.15) is 39.0 Å². The fraction of sp³-hybridized carbons (Fsp3) is 0.632. The summed E-state index contributed by atoms with van der Waals surface area (Å²) in [5, 5.41) is 11.2. The lowest BCUT2D eigenvalue weighted by atomic mass is 9.85. The number of hydrogen-bond acceptors (Lipinski definition) is 6. The highest BCUT2D eigenvalue weighted by molar-refractivity contribution is 6.29. The zero-order valence-electron chi connectivity index (χ0n) is 15.9. The van der Waals surface area contributed by atoms with Crippen LogP contribution in [0.15, 0.2) is 12.1 Å². The molecule has 2 aliphatic heterocycles. The zero-order valence-corrected chi connectivity index (χ0v) is 16.6. The molecule has 4 rings (SSSR count). The second-order valence-electron chi connectivity index (χ2n) is 7.99. The van der Waals surface area contributed by atoms with E-state index in [1.54, 1.807) is 6.07 Å². The first kappa shape index (κ1) is 19.1. The van der Waals surface area contributed by atoms with Gasteiger partial charge in [-0.2, -0.15) is 0 Å². The van der Waals surface area contributed by atoms with Crippen LogP contribution in [0.3, 0.4) is 0 Å². The van der Waals surface area contributed by atoms with Crippen molar-refractivity contribution in [2.75, 3.05) is 24.5 Å². The maximum Gasteiger partial charge on any atom is 0.228 e. The number of nitrogens with zero attached hydrogens (tertiary/aromatic N) is 4. The van der Waals surface area contributed by atoms with E-state index in [9.17, 15) is 14.4 Å². The average molecular weight is 406 g/mol. The lowest BCUT2D eigenvalue weighted by molar-refractivity contribution is -0.133. The predicted molar refractivity (Wildman–Crippen MR) is 103 cm³/mol. The van der Waals surface area contributed by atoms with Crippen molar-refractivity contribution in [1.29, 1.82) is 0 Å². The number of hydrogen-bond donors (Lipinski definition) is 1. The molecule has 1 saturated carbocycles. The third kappa shape index (κ3) is 3.57. The van der Waals surface area contributed by atoms with Crippen LogP contribution >= 0.6 is 11.6 Å². The van der Waals surface area contributed by atoms with E-state index in [1.165, 1.54) is 0 Å². The van der Waals surface area contributed by atoms with Gasteiger partial charge in [0.1, 0.15) is 5.54 Å². The molecule has 1 N–H and O–H groups in total. The Bertz CT molecular complexity index is 797. The molecule has 3 aliphatic rings. The second-order valence-corrected chi connectivity index (χ2v) is 8.38. The maximum absolute atomic E-state index is 12.8. The third-order valence-corrected chi connectivity index (χ3v) is 6.28. The van der Waals surface area contributed by atoms with Crippen molar-refractivity contribution in [2.24, 2.45) is 5.92 Å². The summed E-state index contributed by atoms with van der Waals surface area (Å²) in [6, 6.07) is 3.63. The molecule has 9 heteroatoms. The Morgan fingerprint density at radius 2 is 2.07 bits per heavy atom. The minimum absolute atomic E-state index is 0.0302. The third-order valence-electron chi connectivity index (χ3n) is 6.08. The molecule has 2 amide bonds. The molecule has 150 valence electrons. The van der Waals surface area contributed by atoms with Gasteiger partial charge in [-0.15, -0.1) is 10.2 Å². The van der Waals surface area contributed by atoms with Crippen LogP contribution in [0.2, 0.25) is 5.15 Å². The summed E-state index contributed by atoms with van der Waals surface area (Å²) in [4.78, 5) is 40.9. The number of anilines is 1. The summed E-state index contributed by atoms with van der Waals surface area (Å²) >= 11 is 5.80. The molecule has 2 saturated heterocycles. The number of ketones is 1. The van der Waals surface area contributed by atoms with Gasteiger partial charge in [0.25, 0.3) is 0 Å². The summed E-state index contributed by atoms with van der Waals surface area (Å²) in [5.74, 6) is 0.708. The molecule has 1 aromatic heterocycles. The van der Waals surface area contributed by atoms with Gasteiger partial charge in [-0.25, -0.2) is 0 Å². The Labute approximate surface area is 168 Å². The quantitative estimate of drug-likeness (QED) is 0.739. The van der Waals surface area contributed by atoms with Gasteiger partial charge >= 0.3 is 0 Å². The number of Topliss-reactive ketones (excluding diaryl/α,β-unsaturated/α-hetero) is 1. The van der Waals surface area contributed by atoms with Crippen LogP contribution in [0.25, 0.3) is 0 Å². The first-order valence-electron chi connectivity index (χ1n) is 9.77.